The summed E-state index contributed by atoms with van der Waals surface area (Å²) in [5.74, 6) is 0.405. The quantitative estimate of drug-likeness (QED) is 0.677. The summed E-state index contributed by atoms with van der Waals surface area (Å²) in [5, 5.41) is 5.96. The first-order chi connectivity index (χ1) is 13.3. The van der Waals surface area contributed by atoms with Crippen LogP contribution in [0.25, 0.3) is 6.08 Å². The summed E-state index contributed by atoms with van der Waals surface area (Å²) in [6.07, 6.45) is 3.08. The van der Waals surface area contributed by atoms with Gasteiger partial charge in [-0.3, -0.25) is 4.79 Å². The van der Waals surface area contributed by atoms with E-state index in [0.717, 1.165) is 23.4 Å². The molecule has 144 valence electrons. The van der Waals surface area contributed by atoms with Crippen molar-refractivity contribution < 1.29 is 4.79 Å². The molecule has 1 atom stereocenters. The Hall–Kier alpha value is -2.88. The largest absolute Gasteiger partial charge is 0.369 e. The first-order valence-corrected chi connectivity index (χ1v) is 9.82. The molecule has 0 saturated carbocycles. The molecule has 28 heavy (non-hydrogen) atoms. The molecule has 0 bridgehead atoms. The molecule has 1 amide bonds. The number of anilines is 2. The van der Waals surface area contributed by atoms with Crippen LogP contribution in [0.15, 0.2) is 59.2 Å². The van der Waals surface area contributed by atoms with Gasteiger partial charge < -0.3 is 4.90 Å². The Morgan fingerprint density at radius 2 is 1.86 bits per heavy atom. The highest BCUT2D eigenvalue weighted by molar-refractivity contribution is 6.32. The van der Waals surface area contributed by atoms with E-state index in [1.54, 1.807) is 0 Å². The van der Waals surface area contributed by atoms with Crippen molar-refractivity contribution in [3.63, 3.8) is 0 Å². The molecule has 0 radical (unpaired) electrons. The molecule has 2 aliphatic heterocycles. The fourth-order valence-corrected chi connectivity index (χ4v) is 4.28. The van der Waals surface area contributed by atoms with Gasteiger partial charge in [0.1, 0.15) is 0 Å². The van der Waals surface area contributed by atoms with Crippen LogP contribution in [0.4, 0.5) is 11.4 Å². The Morgan fingerprint density at radius 1 is 1.14 bits per heavy atom. The molecule has 2 heterocycles. The summed E-state index contributed by atoms with van der Waals surface area (Å²) < 4.78 is 0. The molecule has 4 rings (SSSR count). The van der Waals surface area contributed by atoms with Gasteiger partial charge in [0.15, 0.2) is 0 Å². The maximum atomic E-state index is 12.9. The van der Waals surface area contributed by atoms with Crippen LogP contribution in [0.1, 0.15) is 51.2 Å². The third kappa shape index (κ3) is 3.03. The highest BCUT2D eigenvalue weighted by atomic mass is 16.2. The molecule has 2 aromatic carbocycles. The van der Waals surface area contributed by atoms with Crippen molar-refractivity contribution in [3.05, 3.63) is 65.2 Å². The lowest BCUT2D eigenvalue weighted by Crippen LogP contribution is -2.45. The zero-order valence-corrected chi connectivity index (χ0v) is 17.2. The lowest BCUT2D eigenvalue weighted by Gasteiger charge is -2.45. The van der Waals surface area contributed by atoms with Gasteiger partial charge in [-0.1, -0.05) is 31.2 Å². The van der Waals surface area contributed by atoms with Gasteiger partial charge in [-0.05, 0) is 74.6 Å². The van der Waals surface area contributed by atoms with Gasteiger partial charge in [0, 0.05) is 18.3 Å². The lowest BCUT2D eigenvalue weighted by molar-refractivity contribution is -0.114. The second-order valence-electron chi connectivity index (χ2n) is 8.49. The summed E-state index contributed by atoms with van der Waals surface area (Å²) >= 11 is 0. The van der Waals surface area contributed by atoms with Crippen LogP contribution in [-0.4, -0.2) is 24.2 Å². The molecular weight excluding hydrogens is 346 g/mol. The van der Waals surface area contributed by atoms with E-state index in [2.05, 4.69) is 56.0 Å². The standard InChI is InChI=1S/C24H27N3O/c1-16-15-24(3,4)26(5)22-12-11-18(13-20(16)22)14-21-17(2)25-27(23(21)28)19-9-7-6-8-10-19/h6-14,16H,15H2,1-5H3/b21-14+/t16-/m1/s1. The van der Waals surface area contributed by atoms with Crippen LogP contribution < -0.4 is 9.91 Å². The molecule has 0 saturated heterocycles. The van der Waals surface area contributed by atoms with Gasteiger partial charge in [-0.15, -0.1) is 0 Å². The van der Waals surface area contributed by atoms with E-state index >= 15 is 0 Å². The Morgan fingerprint density at radius 3 is 2.57 bits per heavy atom. The van der Waals surface area contributed by atoms with E-state index in [1.165, 1.54) is 16.3 Å². The number of carbonyl (C=O) groups is 1. The highest BCUT2D eigenvalue weighted by Gasteiger charge is 2.34. The molecule has 2 aliphatic rings. The van der Waals surface area contributed by atoms with Gasteiger partial charge in [0.05, 0.1) is 17.0 Å². The second-order valence-corrected chi connectivity index (χ2v) is 8.49. The van der Waals surface area contributed by atoms with Gasteiger partial charge >= 0.3 is 0 Å². The Kier molecular flexibility index (Phi) is 4.37. The van der Waals surface area contributed by atoms with Crippen LogP contribution in [0.5, 0.6) is 0 Å². The second kappa shape index (κ2) is 6.62. The van der Waals surface area contributed by atoms with Gasteiger partial charge in [-0.25, -0.2) is 0 Å². The molecule has 4 heteroatoms. The zero-order chi connectivity index (χ0) is 20.1. The molecule has 0 fully saturated rings. The van der Waals surface area contributed by atoms with Crippen molar-refractivity contribution >= 4 is 29.1 Å². The van der Waals surface area contributed by atoms with Crippen LogP contribution in [-0.2, 0) is 4.79 Å². The summed E-state index contributed by atoms with van der Waals surface area (Å²) in [4.78, 5) is 15.3. The van der Waals surface area contributed by atoms with Crippen LogP contribution >= 0.6 is 0 Å². The average molecular weight is 374 g/mol. The molecule has 0 aliphatic carbocycles. The van der Waals surface area contributed by atoms with Gasteiger partial charge in [0.2, 0.25) is 0 Å². The number of hydrazone groups is 1. The van der Waals surface area contributed by atoms with Crippen molar-refractivity contribution in [2.45, 2.75) is 45.6 Å². The molecule has 0 spiro atoms. The van der Waals surface area contributed by atoms with E-state index in [1.807, 2.05) is 43.3 Å². The number of hydrogen-bond donors (Lipinski definition) is 0. The number of fused-ring (bicyclic) bond motifs is 1. The SMILES string of the molecule is CC1=NN(c2ccccc2)C(=O)/C1=C/c1ccc2c(c1)[C@H](C)CC(C)(C)N2C. The topological polar surface area (TPSA) is 35.9 Å². The maximum absolute atomic E-state index is 12.9. The maximum Gasteiger partial charge on any atom is 0.280 e. The third-order valence-corrected chi connectivity index (χ3v) is 6.03. The zero-order valence-electron chi connectivity index (χ0n) is 17.2. The molecule has 0 N–H and O–H groups in total. The van der Waals surface area contributed by atoms with Crippen molar-refractivity contribution in [3.8, 4) is 0 Å². The number of rotatable bonds is 2. The number of nitrogens with zero attached hydrogens (tertiary/aromatic N) is 3. The summed E-state index contributed by atoms with van der Waals surface area (Å²) in [6.45, 7) is 8.76. The van der Waals surface area contributed by atoms with E-state index in [9.17, 15) is 4.79 Å². The number of carbonyl (C=O) groups excluding carboxylic acids is 1. The first-order valence-electron chi connectivity index (χ1n) is 9.82. The molecule has 0 aromatic heterocycles. The normalized spacial score (nSPS) is 22.5. The molecular formula is C24H27N3O. The Bertz CT molecular complexity index is 988. The summed E-state index contributed by atoms with van der Waals surface area (Å²) in [6, 6.07) is 16.1. The van der Waals surface area contributed by atoms with E-state index in [4.69, 9.17) is 0 Å². The average Bonchev–Trinajstić information content (AvgIpc) is 2.95. The fourth-order valence-electron chi connectivity index (χ4n) is 4.28. The monoisotopic (exact) mass is 373 g/mol. The third-order valence-electron chi connectivity index (χ3n) is 6.03. The lowest BCUT2D eigenvalue weighted by atomic mass is 9.80. The molecule has 2 aromatic rings. The van der Waals surface area contributed by atoms with Crippen LogP contribution in [0.3, 0.4) is 0 Å². The van der Waals surface area contributed by atoms with E-state index in [-0.39, 0.29) is 11.4 Å². The van der Waals surface area contributed by atoms with Crippen molar-refractivity contribution in [1.82, 2.24) is 0 Å². The summed E-state index contributed by atoms with van der Waals surface area (Å²) in [7, 11) is 2.16. The highest BCUT2D eigenvalue weighted by Crippen LogP contribution is 2.42. The minimum atomic E-state index is -0.0762. The summed E-state index contributed by atoms with van der Waals surface area (Å²) in [5.41, 5.74) is 6.01. The number of benzene rings is 2. The smallest absolute Gasteiger partial charge is 0.280 e. The van der Waals surface area contributed by atoms with Crippen molar-refractivity contribution in [2.24, 2.45) is 5.10 Å². The fraction of sp³-hybridized carbons (Fsp3) is 0.333. The predicted molar refractivity (Wildman–Crippen MR) is 117 cm³/mol. The Labute approximate surface area is 167 Å². The number of para-hydroxylation sites is 1. The molecule has 0 unspecified atom stereocenters. The van der Waals surface area contributed by atoms with Crippen molar-refractivity contribution in [2.75, 3.05) is 17.0 Å². The van der Waals surface area contributed by atoms with Crippen LogP contribution in [0, 0.1) is 0 Å². The van der Waals surface area contributed by atoms with Gasteiger partial charge in [-0.2, -0.15) is 10.1 Å². The number of amides is 1. The predicted octanol–water partition coefficient (Wildman–Crippen LogP) is 5.21. The van der Waals surface area contributed by atoms with E-state index in [0.29, 0.717) is 11.5 Å². The van der Waals surface area contributed by atoms with Crippen molar-refractivity contribution in [1.29, 1.82) is 0 Å². The minimum Gasteiger partial charge on any atom is -0.369 e. The van der Waals surface area contributed by atoms with E-state index < -0.39 is 0 Å². The minimum absolute atomic E-state index is 0.0762. The Balaban J connectivity index is 1.68. The first kappa shape index (κ1) is 18.5. The van der Waals surface area contributed by atoms with Crippen LogP contribution in [0.2, 0.25) is 0 Å². The number of hydrogen-bond acceptors (Lipinski definition) is 3. The molecule has 4 nitrogen and oxygen atoms in total. The van der Waals surface area contributed by atoms with Gasteiger partial charge in [0.25, 0.3) is 5.91 Å².